The number of nitrogens with one attached hydrogen (secondary N) is 2. The van der Waals surface area contributed by atoms with Crippen molar-refractivity contribution >= 4 is 81.4 Å². The number of hydrogen-bond acceptors (Lipinski definition) is 8. The molecule has 4 N–H and O–H groups in total. The fraction of sp³-hybridized carbons (Fsp3) is 0.286. The van der Waals surface area contributed by atoms with E-state index in [0.717, 1.165) is 22.5 Å². The number of nitrogens with zero attached hydrogens (tertiary/aromatic N) is 4. The molecule has 2 aromatic carbocycles. The van der Waals surface area contributed by atoms with Crippen molar-refractivity contribution in [1.82, 2.24) is 19.9 Å². The minimum Gasteiger partial charge on any atom is -0.396 e. The van der Waals surface area contributed by atoms with Crippen LogP contribution >= 0.6 is 69.6 Å². The number of rotatable bonds is 12. The van der Waals surface area contributed by atoms with Gasteiger partial charge in [0.2, 0.25) is 11.2 Å². The molecule has 0 radical (unpaired) electrons. The molecular weight excluding hydrogens is 665 g/mol. The first-order chi connectivity index (χ1) is 20.2. The van der Waals surface area contributed by atoms with Crippen molar-refractivity contribution in [3.05, 3.63) is 102 Å². The predicted octanol–water partition coefficient (Wildman–Crippen LogP) is 7.64. The molecule has 0 spiro atoms. The number of aromatic nitrogens is 4. The summed E-state index contributed by atoms with van der Waals surface area (Å²) in [7, 11) is 0. The van der Waals surface area contributed by atoms with E-state index >= 15 is 0 Å². The van der Waals surface area contributed by atoms with Gasteiger partial charge in [-0.3, -0.25) is 0 Å². The van der Waals surface area contributed by atoms with Crippen molar-refractivity contribution in [2.45, 2.75) is 25.7 Å². The molecule has 14 heteroatoms. The summed E-state index contributed by atoms with van der Waals surface area (Å²) in [5.74, 6) is 1.04. The van der Waals surface area contributed by atoms with Crippen LogP contribution in [0.1, 0.15) is 35.4 Å². The van der Waals surface area contributed by atoms with Gasteiger partial charge in [-0.1, -0.05) is 70.1 Å². The fourth-order valence-corrected chi connectivity index (χ4v) is 5.09. The molecule has 0 aliphatic rings. The lowest BCUT2D eigenvalue weighted by atomic mass is 10.1. The summed E-state index contributed by atoms with van der Waals surface area (Å²) in [5, 5.41) is 26.5. The van der Waals surface area contributed by atoms with Crippen molar-refractivity contribution in [2.24, 2.45) is 0 Å². The summed E-state index contributed by atoms with van der Waals surface area (Å²) in [6.45, 7) is 1.41. The van der Waals surface area contributed by atoms with Crippen LogP contribution in [0.5, 0.6) is 0 Å². The van der Waals surface area contributed by atoms with E-state index in [1.165, 1.54) is 0 Å². The minimum atomic E-state index is 0.107. The number of halogens is 6. The molecule has 224 valence electrons. The highest BCUT2D eigenvalue weighted by Gasteiger charge is 2.11. The van der Waals surface area contributed by atoms with Crippen molar-refractivity contribution in [3.8, 4) is 0 Å². The Morgan fingerprint density at radius 2 is 1.10 bits per heavy atom. The molecule has 42 heavy (non-hydrogen) atoms. The molecule has 8 nitrogen and oxygen atoms in total. The highest BCUT2D eigenvalue weighted by Crippen LogP contribution is 2.28. The maximum Gasteiger partial charge on any atom is 0.224 e. The maximum atomic E-state index is 8.78. The lowest BCUT2D eigenvalue weighted by molar-refractivity contribution is 0.292. The van der Waals surface area contributed by atoms with Crippen LogP contribution in [-0.4, -0.2) is 56.5 Å². The molecule has 0 amide bonds. The van der Waals surface area contributed by atoms with Gasteiger partial charge in [0.25, 0.3) is 0 Å². The van der Waals surface area contributed by atoms with Crippen molar-refractivity contribution < 1.29 is 10.2 Å². The predicted molar refractivity (Wildman–Crippen MR) is 173 cm³/mol. The first-order valence-corrected chi connectivity index (χ1v) is 15.1. The third kappa shape index (κ3) is 11.2. The zero-order valence-corrected chi connectivity index (χ0v) is 26.8. The Kier molecular flexibility index (Phi) is 14.6. The molecule has 0 unspecified atom stereocenters. The molecule has 0 atom stereocenters. The Bertz CT molecular complexity index is 1310. The van der Waals surface area contributed by atoms with Gasteiger partial charge in [0, 0.05) is 65.3 Å². The molecular formula is C28H28Cl6N6O2. The van der Waals surface area contributed by atoms with Crippen molar-refractivity contribution in [1.29, 1.82) is 0 Å². The van der Waals surface area contributed by atoms with Crippen LogP contribution in [0.4, 0.5) is 11.8 Å². The quantitative estimate of drug-likeness (QED) is 0.0680. The number of anilines is 2. The standard InChI is InChI=1S/2C14H14Cl3N3O/c15-11-3-1-4-12(16)10(11)7-9-8-13(18-5-2-6-21)20-14(17)19-9;15-11-3-1-4-12(16)10(11)7-9-8-13(17)20-14(19-9)18-5-2-6-21/h2*1,3-4,8,21H,2,5-7H2,(H,18,19,20). The Hall–Kier alpha value is -2.14. The zero-order valence-electron chi connectivity index (χ0n) is 22.2. The van der Waals surface area contributed by atoms with Crippen LogP contribution in [0.25, 0.3) is 0 Å². The summed E-state index contributed by atoms with van der Waals surface area (Å²) >= 11 is 36.6. The highest BCUT2D eigenvalue weighted by atomic mass is 35.5. The Morgan fingerprint density at radius 3 is 1.62 bits per heavy atom. The van der Waals surface area contributed by atoms with Gasteiger partial charge in [0.05, 0.1) is 11.4 Å². The van der Waals surface area contributed by atoms with E-state index in [-0.39, 0.29) is 18.5 Å². The summed E-state index contributed by atoms with van der Waals surface area (Å²) in [4.78, 5) is 16.7. The van der Waals surface area contributed by atoms with E-state index < -0.39 is 0 Å². The number of aliphatic hydroxyl groups is 2. The van der Waals surface area contributed by atoms with Gasteiger partial charge in [-0.15, -0.1) is 0 Å². The number of benzene rings is 2. The molecule has 0 saturated heterocycles. The van der Waals surface area contributed by atoms with E-state index in [1.54, 1.807) is 48.5 Å². The van der Waals surface area contributed by atoms with Gasteiger partial charge >= 0.3 is 0 Å². The molecule has 4 aromatic rings. The SMILES string of the molecule is OCCCNc1cc(Cc2c(Cl)cccc2Cl)nc(Cl)n1.OCCCNc1nc(Cl)cc(Cc2c(Cl)cccc2Cl)n1. The molecule has 2 aromatic heterocycles. The van der Waals surface area contributed by atoms with Crippen molar-refractivity contribution in [2.75, 3.05) is 36.9 Å². The van der Waals surface area contributed by atoms with Gasteiger partial charge in [0.1, 0.15) is 11.0 Å². The van der Waals surface area contributed by atoms with Crippen molar-refractivity contribution in [3.63, 3.8) is 0 Å². The third-order valence-electron chi connectivity index (χ3n) is 5.60. The van der Waals surface area contributed by atoms with Crippen LogP contribution in [0.2, 0.25) is 30.5 Å². The fourth-order valence-electron chi connectivity index (χ4n) is 3.62. The summed E-state index contributed by atoms with van der Waals surface area (Å²) in [6.07, 6.45) is 2.18. The first-order valence-electron chi connectivity index (χ1n) is 12.8. The van der Waals surface area contributed by atoms with Crippen LogP contribution in [0.15, 0.2) is 48.5 Å². The Labute approximate surface area is 274 Å². The van der Waals surface area contributed by atoms with Gasteiger partial charge in [-0.05, 0) is 65.9 Å². The summed E-state index contributed by atoms with van der Waals surface area (Å²) in [6, 6.07) is 14.2. The van der Waals surface area contributed by atoms with Crippen LogP contribution in [0.3, 0.4) is 0 Å². The van der Waals surface area contributed by atoms with Gasteiger partial charge in [-0.25, -0.2) is 19.9 Å². The molecule has 0 saturated carbocycles. The topological polar surface area (TPSA) is 116 Å². The summed E-state index contributed by atoms with van der Waals surface area (Å²) < 4.78 is 0. The van der Waals surface area contributed by atoms with Crippen LogP contribution < -0.4 is 10.6 Å². The van der Waals surface area contributed by atoms with Gasteiger partial charge < -0.3 is 20.8 Å². The number of hydrogen-bond donors (Lipinski definition) is 4. The second-order valence-corrected chi connectivity index (χ2v) is 11.1. The Morgan fingerprint density at radius 1 is 0.595 bits per heavy atom. The lowest BCUT2D eigenvalue weighted by Crippen LogP contribution is -2.08. The third-order valence-corrected chi connectivity index (χ3v) is 7.38. The molecule has 0 fully saturated rings. The second-order valence-electron chi connectivity index (χ2n) is 8.78. The molecule has 2 heterocycles. The summed E-state index contributed by atoms with van der Waals surface area (Å²) in [5.41, 5.74) is 3.04. The monoisotopic (exact) mass is 690 g/mol. The zero-order chi connectivity index (χ0) is 30.5. The van der Waals surface area contributed by atoms with Crippen LogP contribution in [-0.2, 0) is 12.8 Å². The highest BCUT2D eigenvalue weighted by molar-refractivity contribution is 6.36. The lowest BCUT2D eigenvalue weighted by Gasteiger charge is -2.09. The van der Waals surface area contributed by atoms with Crippen LogP contribution in [0, 0.1) is 0 Å². The van der Waals surface area contributed by atoms with Gasteiger partial charge in [-0.2, -0.15) is 0 Å². The average Bonchev–Trinajstić information content (AvgIpc) is 2.93. The molecule has 0 aliphatic carbocycles. The Balaban J connectivity index is 0.000000230. The average molecular weight is 693 g/mol. The van der Waals surface area contributed by atoms with E-state index in [1.807, 2.05) is 0 Å². The van der Waals surface area contributed by atoms with E-state index in [0.29, 0.717) is 75.8 Å². The second kappa shape index (κ2) is 17.9. The maximum absolute atomic E-state index is 8.78. The van der Waals surface area contributed by atoms with E-state index in [4.69, 9.17) is 79.8 Å². The minimum absolute atomic E-state index is 0.107. The molecule has 4 rings (SSSR count). The first kappa shape index (κ1) is 34.4. The smallest absolute Gasteiger partial charge is 0.224 e. The largest absolute Gasteiger partial charge is 0.396 e. The van der Waals surface area contributed by atoms with E-state index in [2.05, 4.69) is 30.6 Å². The van der Waals surface area contributed by atoms with E-state index in [9.17, 15) is 0 Å². The molecule has 0 aliphatic heterocycles. The number of aliphatic hydroxyl groups excluding tert-OH is 2. The molecule has 0 bridgehead atoms. The normalized spacial score (nSPS) is 10.7. The van der Waals surface area contributed by atoms with Gasteiger partial charge in [0.15, 0.2) is 0 Å².